The van der Waals surface area contributed by atoms with Crippen LogP contribution in [0.1, 0.15) is 54.9 Å². The van der Waals surface area contributed by atoms with Gasteiger partial charge < -0.3 is 30.2 Å². The van der Waals surface area contributed by atoms with Crippen LogP contribution < -0.4 is 15.4 Å². The largest absolute Gasteiger partial charge is 0.489 e. The van der Waals surface area contributed by atoms with Crippen molar-refractivity contribution in [3.8, 4) is 17.0 Å². The lowest BCUT2D eigenvalue weighted by atomic mass is 9.97. The predicted molar refractivity (Wildman–Crippen MR) is 154 cm³/mol. The van der Waals surface area contributed by atoms with Crippen LogP contribution in [0.15, 0.2) is 54.7 Å². The molecule has 2 amide bonds. The van der Waals surface area contributed by atoms with E-state index in [0.29, 0.717) is 22.8 Å². The van der Waals surface area contributed by atoms with E-state index in [9.17, 15) is 14.7 Å². The van der Waals surface area contributed by atoms with E-state index in [0.717, 1.165) is 29.1 Å². The van der Waals surface area contributed by atoms with Gasteiger partial charge in [-0.1, -0.05) is 41.9 Å². The molecule has 0 aliphatic carbocycles. The summed E-state index contributed by atoms with van der Waals surface area (Å²) in [5.41, 5.74) is 3.04. The lowest BCUT2D eigenvalue weighted by Gasteiger charge is -2.21. The van der Waals surface area contributed by atoms with Crippen molar-refractivity contribution in [1.82, 2.24) is 20.2 Å². The zero-order chi connectivity index (χ0) is 28.8. The number of amides is 2. The van der Waals surface area contributed by atoms with Crippen LogP contribution in [-0.4, -0.2) is 63.0 Å². The minimum Gasteiger partial charge on any atom is -0.489 e. The second kappa shape index (κ2) is 13.1. The number of nitrogens with one attached hydrogen (secondary N) is 2. The van der Waals surface area contributed by atoms with Crippen LogP contribution in [-0.2, 0) is 11.2 Å². The molecule has 0 bridgehead atoms. The lowest BCUT2D eigenvalue weighted by Crippen LogP contribution is -2.45. The SMILES string of the molecule is CC(C)Oc1ccc(C(=O)N[C@H](CNC(=O)CO)Cc2ccc(-c3cn4c(n3)C(C(C)O)CC=C4)cc2)cc1Cl. The third-order valence-electron chi connectivity index (χ3n) is 6.64. The summed E-state index contributed by atoms with van der Waals surface area (Å²) in [6.07, 6.45) is 6.57. The summed E-state index contributed by atoms with van der Waals surface area (Å²) in [6.45, 7) is 5.06. The lowest BCUT2D eigenvalue weighted by molar-refractivity contribution is -0.123. The number of nitrogens with zero attached hydrogens (tertiary/aromatic N) is 2. The van der Waals surface area contributed by atoms with Crippen LogP contribution in [0.3, 0.4) is 0 Å². The van der Waals surface area contributed by atoms with Gasteiger partial charge in [0.1, 0.15) is 18.2 Å². The number of hydrogen-bond acceptors (Lipinski definition) is 6. The number of imidazole rings is 1. The summed E-state index contributed by atoms with van der Waals surface area (Å²) in [4.78, 5) is 29.5. The first-order chi connectivity index (χ1) is 19.1. The molecular weight excluding hydrogens is 532 g/mol. The molecule has 3 atom stereocenters. The highest BCUT2D eigenvalue weighted by atomic mass is 35.5. The van der Waals surface area contributed by atoms with Gasteiger partial charge in [0.25, 0.3) is 5.91 Å². The number of carbonyl (C=O) groups is 2. The number of fused-ring (bicyclic) bond motifs is 1. The average Bonchev–Trinajstić information content (AvgIpc) is 3.37. The number of carbonyl (C=O) groups excluding carboxylic acids is 2. The number of rotatable bonds is 11. The van der Waals surface area contributed by atoms with E-state index in [1.54, 1.807) is 25.1 Å². The van der Waals surface area contributed by atoms with E-state index >= 15 is 0 Å². The highest BCUT2D eigenvalue weighted by molar-refractivity contribution is 6.32. The predicted octanol–water partition coefficient (Wildman–Crippen LogP) is 3.78. The van der Waals surface area contributed by atoms with Gasteiger partial charge >= 0.3 is 0 Å². The van der Waals surface area contributed by atoms with E-state index in [-0.39, 0.29) is 24.5 Å². The summed E-state index contributed by atoms with van der Waals surface area (Å²) >= 11 is 6.31. The van der Waals surface area contributed by atoms with Gasteiger partial charge in [-0.3, -0.25) is 9.59 Å². The third-order valence-corrected chi connectivity index (χ3v) is 6.94. The Kier molecular flexibility index (Phi) is 9.63. The van der Waals surface area contributed by atoms with Crippen molar-refractivity contribution in [2.75, 3.05) is 13.2 Å². The summed E-state index contributed by atoms with van der Waals surface area (Å²) in [5.74, 6) is 0.410. The first-order valence-electron chi connectivity index (χ1n) is 13.3. The van der Waals surface area contributed by atoms with Crippen molar-refractivity contribution in [2.45, 2.75) is 57.8 Å². The standard InChI is InChI=1S/C30H35ClN4O5/c1-18(2)40-27-11-10-22(14-25(27)31)30(39)33-23(15-32-28(38)17-36)13-20-6-8-21(9-7-20)26-16-35-12-4-5-24(19(3)37)29(35)34-26/h4,6-12,14,16,18-19,23-24,36-37H,5,13,15,17H2,1-3H3,(H,32,38)(H,33,39)/t19?,23-,24?/m0/s1. The second-order valence-corrected chi connectivity index (χ2v) is 10.6. The molecule has 1 aliphatic rings. The molecule has 2 heterocycles. The molecule has 2 unspecified atom stereocenters. The summed E-state index contributed by atoms with van der Waals surface area (Å²) in [7, 11) is 0. The molecule has 1 aromatic heterocycles. The molecule has 0 fully saturated rings. The molecule has 40 heavy (non-hydrogen) atoms. The molecule has 4 rings (SSSR count). The fourth-order valence-corrected chi connectivity index (χ4v) is 4.83. The molecule has 0 saturated heterocycles. The molecule has 3 aromatic rings. The van der Waals surface area contributed by atoms with Crippen LogP contribution >= 0.6 is 11.6 Å². The molecule has 9 nitrogen and oxygen atoms in total. The second-order valence-electron chi connectivity index (χ2n) is 10.2. The zero-order valence-electron chi connectivity index (χ0n) is 22.8. The smallest absolute Gasteiger partial charge is 0.251 e. The fraction of sp³-hybridized carbons (Fsp3) is 0.367. The van der Waals surface area contributed by atoms with E-state index in [1.165, 1.54) is 0 Å². The molecule has 0 radical (unpaired) electrons. The van der Waals surface area contributed by atoms with Gasteiger partial charge in [0.15, 0.2) is 0 Å². The highest BCUT2D eigenvalue weighted by Crippen LogP contribution is 2.31. The van der Waals surface area contributed by atoms with Crippen LogP contribution in [0.4, 0.5) is 0 Å². The maximum absolute atomic E-state index is 13.0. The first kappa shape index (κ1) is 29.3. The Hall–Kier alpha value is -3.66. The van der Waals surface area contributed by atoms with Crippen LogP contribution in [0.5, 0.6) is 5.75 Å². The highest BCUT2D eigenvalue weighted by Gasteiger charge is 2.25. The quantitative estimate of drug-likeness (QED) is 0.280. The zero-order valence-corrected chi connectivity index (χ0v) is 23.6. The maximum Gasteiger partial charge on any atom is 0.251 e. The van der Waals surface area contributed by atoms with Crippen LogP contribution in [0.25, 0.3) is 17.5 Å². The summed E-state index contributed by atoms with van der Waals surface area (Å²) in [5, 5.41) is 25.2. The Morgan fingerprint density at radius 3 is 2.58 bits per heavy atom. The number of hydrogen-bond donors (Lipinski definition) is 4. The Bertz CT molecular complexity index is 1370. The van der Waals surface area contributed by atoms with Gasteiger partial charge in [-0.05, 0) is 57.4 Å². The normalized spacial score (nSPS) is 15.8. The van der Waals surface area contributed by atoms with Crippen LogP contribution in [0, 0.1) is 0 Å². The van der Waals surface area contributed by atoms with Gasteiger partial charge in [-0.2, -0.15) is 0 Å². The van der Waals surface area contributed by atoms with Gasteiger partial charge in [0.05, 0.1) is 29.0 Å². The van der Waals surface area contributed by atoms with E-state index in [1.807, 2.05) is 61.2 Å². The topological polar surface area (TPSA) is 126 Å². The number of ether oxygens (including phenoxy) is 1. The Morgan fingerprint density at radius 2 is 1.93 bits per heavy atom. The van der Waals surface area contributed by atoms with Crippen molar-refractivity contribution >= 4 is 29.6 Å². The van der Waals surface area contributed by atoms with E-state index < -0.39 is 24.7 Å². The third kappa shape index (κ3) is 7.29. The number of aliphatic hydroxyl groups excluding tert-OH is 2. The van der Waals surface area contributed by atoms with Gasteiger partial charge in [-0.15, -0.1) is 0 Å². The fourth-order valence-electron chi connectivity index (χ4n) is 4.60. The molecule has 10 heteroatoms. The van der Waals surface area contributed by atoms with Gasteiger partial charge in [-0.25, -0.2) is 4.98 Å². The number of aliphatic hydroxyl groups is 2. The molecular formula is C30H35ClN4O5. The van der Waals surface area contributed by atoms with Crippen molar-refractivity contribution in [1.29, 1.82) is 0 Å². The maximum atomic E-state index is 13.0. The Labute approximate surface area is 238 Å². The molecule has 0 saturated carbocycles. The van der Waals surface area contributed by atoms with Crippen LogP contribution in [0.2, 0.25) is 5.02 Å². The summed E-state index contributed by atoms with van der Waals surface area (Å²) in [6, 6.07) is 12.2. The Morgan fingerprint density at radius 1 is 1.18 bits per heavy atom. The first-order valence-corrected chi connectivity index (χ1v) is 13.7. The molecule has 0 spiro atoms. The van der Waals surface area contributed by atoms with Crippen molar-refractivity contribution < 1.29 is 24.5 Å². The minimum atomic E-state index is -0.637. The van der Waals surface area contributed by atoms with E-state index in [2.05, 4.69) is 10.6 Å². The number of allylic oxidation sites excluding steroid dienone is 1. The molecule has 4 N–H and O–H groups in total. The summed E-state index contributed by atoms with van der Waals surface area (Å²) < 4.78 is 7.59. The molecule has 212 valence electrons. The van der Waals surface area contributed by atoms with E-state index in [4.69, 9.17) is 26.4 Å². The number of aromatic nitrogens is 2. The van der Waals surface area contributed by atoms with Crippen molar-refractivity contribution in [2.24, 2.45) is 0 Å². The van der Waals surface area contributed by atoms with Gasteiger partial charge in [0.2, 0.25) is 5.91 Å². The van der Waals surface area contributed by atoms with Crippen molar-refractivity contribution in [3.63, 3.8) is 0 Å². The molecule has 1 aliphatic heterocycles. The minimum absolute atomic E-state index is 0.0506. The number of halogens is 1. The van der Waals surface area contributed by atoms with Crippen molar-refractivity contribution in [3.05, 3.63) is 76.7 Å². The number of benzene rings is 2. The average molecular weight is 567 g/mol. The monoisotopic (exact) mass is 566 g/mol. The van der Waals surface area contributed by atoms with Gasteiger partial charge in [0, 0.05) is 36.0 Å². The Balaban J connectivity index is 1.47. The molecule has 2 aromatic carbocycles.